The van der Waals surface area contributed by atoms with E-state index in [-0.39, 0.29) is 29.1 Å². The van der Waals surface area contributed by atoms with Crippen molar-refractivity contribution in [2.75, 3.05) is 6.61 Å². The van der Waals surface area contributed by atoms with Gasteiger partial charge in [-0.2, -0.15) is 0 Å². The molecule has 30 heavy (non-hydrogen) atoms. The van der Waals surface area contributed by atoms with Crippen molar-refractivity contribution in [1.82, 2.24) is 0 Å². The summed E-state index contributed by atoms with van der Waals surface area (Å²) in [7, 11) is 0. The zero-order chi connectivity index (χ0) is 21.3. The molecule has 1 saturated heterocycles. The molecule has 0 aromatic heterocycles. The van der Waals surface area contributed by atoms with Crippen LogP contribution in [0.15, 0.2) is 22.8 Å². The van der Waals surface area contributed by atoms with Gasteiger partial charge in [0.25, 0.3) is 0 Å². The number of ether oxygens (including phenoxy) is 1. The van der Waals surface area contributed by atoms with Crippen LogP contribution in [0.5, 0.6) is 0 Å². The summed E-state index contributed by atoms with van der Waals surface area (Å²) in [6, 6.07) is 0. The van der Waals surface area contributed by atoms with Crippen molar-refractivity contribution >= 4 is 0 Å². The van der Waals surface area contributed by atoms with E-state index < -0.39 is 0 Å². The lowest BCUT2D eigenvalue weighted by Gasteiger charge is -2.58. The highest BCUT2D eigenvalue weighted by Crippen LogP contribution is 2.67. The van der Waals surface area contributed by atoms with Gasteiger partial charge in [0.15, 0.2) is 0 Å². The molecule has 9 unspecified atom stereocenters. The molecule has 9 atom stereocenters. The number of allylic oxidation sites excluding steroid dienone is 1. The summed E-state index contributed by atoms with van der Waals surface area (Å²) in [5, 5.41) is 21.5. The van der Waals surface area contributed by atoms with E-state index in [1.165, 1.54) is 42.4 Å². The Morgan fingerprint density at radius 2 is 1.77 bits per heavy atom. The van der Waals surface area contributed by atoms with Gasteiger partial charge >= 0.3 is 0 Å². The monoisotopic (exact) mass is 414 g/mol. The zero-order valence-electron chi connectivity index (χ0n) is 19.5. The summed E-state index contributed by atoms with van der Waals surface area (Å²) in [6.07, 6.45) is 12.0. The number of hydrogen-bond acceptors (Lipinski definition) is 3. The fourth-order valence-electron chi connectivity index (χ4n) is 8.65. The van der Waals surface area contributed by atoms with E-state index in [0.717, 1.165) is 38.7 Å². The number of aliphatic hydroxyl groups is 2. The van der Waals surface area contributed by atoms with Crippen molar-refractivity contribution in [1.29, 1.82) is 0 Å². The zero-order valence-corrected chi connectivity index (χ0v) is 19.5. The first kappa shape index (κ1) is 21.2. The largest absolute Gasteiger partial charge is 0.389 e. The molecule has 0 spiro atoms. The van der Waals surface area contributed by atoms with Crippen LogP contribution in [0.4, 0.5) is 0 Å². The van der Waals surface area contributed by atoms with Crippen molar-refractivity contribution in [3.05, 3.63) is 22.8 Å². The third-order valence-electron chi connectivity index (χ3n) is 10.3. The average molecular weight is 415 g/mol. The fraction of sp³-hybridized carbons (Fsp3) is 0.852. The van der Waals surface area contributed by atoms with Crippen LogP contribution in [-0.4, -0.2) is 35.1 Å². The van der Waals surface area contributed by atoms with Gasteiger partial charge < -0.3 is 14.9 Å². The van der Waals surface area contributed by atoms with E-state index in [1.54, 1.807) is 0 Å². The Bertz CT molecular complexity index is 745. The highest BCUT2D eigenvalue weighted by Gasteiger charge is 2.60. The van der Waals surface area contributed by atoms with Gasteiger partial charge in [-0.15, -0.1) is 0 Å². The molecular weight excluding hydrogens is 372 g/mol. The second-order valence-electron chi connectivity index (χ2n) is 11.9. The normalized spacial score (nSPS) is 52.7. The Kier molecular flexibility index (Phi) is 5.27. The molecule has 2 N–H and O–H groups in total. The summed E-state index contributed by atoms with van der Waals surface area (Å²) in [5.74, 6) is 2.66. The van der Waals surface area contributed by atoms with Crippen LogP contribution in [0, 0.1) is 34.5 Å². The molecule has 0 aromatic rings. The third-order valence-corrected chi connectivity index (χ3v) is 10.3. The molecule has 168 valence electrons. The second kappa shape index (κ2) is 7.46. The summed E-state index contributed by atoms with van der Waals surface area (Å²) in [4.78, 5) is 0. The molecule has 0 bridgehead atoms. The van der Waals surface area contributed by atoms with Crippen molar-refractivity contribution in [3.63, 3.8) is 0 Å². The van der Waals surface area contributed by atoms with Crippen LogP contribution in [0.25, 0.3) is 0 Å². The Hall–Kier alpha value is -0.640. The van der Waals surface area contributed by atoms with Crippen LogP contribution >= 0.6 is 0 Å². The quantitative estimate of drug-likeness (QED) is 0.564. The van der Waals surface area contributed by atoms with Crippen molar-refractivity contribution in [2.45, 2.75) is 104 Å². The van der Waals surface area contributed by atoms with Crippen LogP contribution < -0.4 is 0 Å². The van der Waals surface area contributed by atoms with Crippen molar-refractivity contribution in [3.8, 4) is 0 Å². The summed E-state index contributed by atoms with van der Waals surface area (Å²) < 4.78 is 6.24. The van der Waals surface area contributed by atoms with E-state index in [2.05, 4.69) is 33.8 Å². The third kappa shape index (κ3) is 3.10. The van der Waals surface area contributed by atoms with E-state index in [0.29, 0.717) is 23.7 Å². The summed E-state index contributed by atoms with van der Waals surface area (Å²) in [6.45, 7) is 10.3. The molecule has 0 radical (unpaired) electrons. The SMILES string of the molecule is C/C(=C1/C(O)CC2C3CCC4=CC(O)CCC4(C)C3CCC12C)C1CCC(C)CO1. The van der Waals surface area contributed by atoms with Crippen LogP contribution in [-0.2, 0) is 4.74 Å². The predicted octanol–water partition coefficient (Wildman–Crippen LogP) is 5.41. The highest BCUT2D eigenvalue weighted by atomic mass is 16.5. The van der Waals surface area contributed by atoms with E-state index in [1.807, 2.05) is 0 Å². The van der Waals surface area contributed by atoms with Gasteiger partial charge in [-0.1, -0.05) is 32.4 Å². The van der Waals surface area contributed by atoms with Gasteiger partial charge in [0.1, 0.15) is 0 Å². The first-order valence-corrected chi connectivity index (χ1v) is 12.6. The van der Waals surface area contributed by atoms with Crippen molar-refractivity contribution in [2.24, 2.45) is 34.5 Å². The van der Waals surface area contributed by atoms with Gasteiger partial charge in [-0.25, -0.2) is 0 Å². The maximum atomic E-state index is 11.3. The lowest BCUT2D eigenvalue weighted by Crippen LogP contribution is -2.50. The highest BCUT2D eigenvalue weighted by molar-refractivity contribution is 5.35. The number of aliphatic hydroxyl groups excluding tert-OH is 2. The Morgan fingerprint density at radius 3 is 2.50 bits per heavy atom. The van der Waals surface area contributed by atoms with Crippen LogP contribution in [0.3, 0.4) is 0 Å². The van der Waals surface area contributed by atoms with E-state index in [4.69, 9.17) is 4.74 Å². The van der Waals surface area contributed by atoms with E-state index >= 15 is 0 Å². The maximum absolute atomic E-state index is 11.3. The molecule has 5 aliphatic rings. The minimum absolute atomic E-state index is 0.128. The number of rotatable bonds is 1. The molecule has 5 rings (SSSR count). The van der Waals surface area contributed by atoms with Gasteiger partial charge in [-0.3, -0.25) is 0 Å². The number of hydrogen-bond donors (Lipinski definition) is 2. The maximum Gasteiger partial charge on any atom is 0.0786 e. The van der Waals surface area contributed by atoms with Gasteiger partial charge in [-0.05, 0) is 110 Å². The molecule has 4 fully saturated rings. The summed E-state index contributed by atoms with van der Waals surface area (Å²) >= 11 is 0. The second-order valence-corrected chi connectivity index (χ2v) is 11.9. The van der Waals surface area contributed by atoms with Crippen LogP contribution in [0.1, 0.15) is 85.5 Å². The molecule has 1 heterocycles. The van der Waals surface area contributed by atoms with Gasteiger partial charge in [0.2, 0.25) is 0 Å². The lowest BCUT2D eigenvalue weighted by atomic mass is 9.47. The fourth-order valence-corrected chi connectivity index (χ4v) is 8.65. The average Bonchev–Trinajstić information content (AvgIpc) is 2.98. The Labute approximate surface area is 183 Å². The number of fused-ring (bicyclic) bond motifs is 5. The van der Waals surface area contributed by atoms with Gasteiger partial charge in [0, 0.05) is 6.61 Å². The topological polar surface area (TPSA) is 49.7 Å². The standard InChI is InChI=1S/C27H42O3/c1-16-5-8-24(30-15-16)17(2)25-23(29)14-22-20-7-6-18-13-19(28)9-11-26(18,3)21(20)10-12-27(22,25)4/h13,16,19-24,28-29H,5-12,14-15H2,1-4H3/b25-17+. The Morgan fingerprint density at radius 1 is 1.00 bits per heavy atom. The molecule has 3 heteroatoms. The van der Waals surface area contributed by atoms with Crippen molar-refractivity contribution < 1.29 is 14.9 Å². The minimum atomic E-state index is -0.292. The molecule has 3 nitrogen and oxygen atoms in total. The predicted molar refractivity (Wildman–Crippen MR) is 120 cm³/mol. The smallest absolute Gasteiger partial charge is 0.0786 e. The molecule has 0 amide bonds. The molecule has 0 aromatic carbocycles. The van der Waals surface area contributed by atoms with Gasteiger partial charge in [0.05, 0.1) is 18.3 Å². The first-order valence-electron chi connectivity index (χ1n) is 12.6. The molecular formula is C27H42O3. The van der Waals surface area contributed by atoms with E-state index in [9.17, 15) is 10.2 Å². The molecule has 3 saturated carbocycles. The lowest BCUT2D eigenvalue weighted by molar-refractivity contribution is -0.0337. The molecule has 4 aliphatic carbocycles. The first-order chi connectivity index (χ1) is 14.2. The van der Waals surface area contributed by atoms with Crippen LogP contribution in [0.2, 0.25) is 0 Å². The summed E-state index contributed by atoms with van der Waals surface area (Å²) in [5.41, 5.74) is 4.61. The molecule has 1 aliphatic heterocycles. The Balaban J connectivity index is 1.45. The minimum Gasteiger partial charge on any atom is -0.389 e.